The smallest absolute Gasteiger partial charge is 0.125 e. The van der Waals surface area contributed by atoms with Crippen LogP contribution in [0, 0.1) is 12.7 Å². The largest absolute Gasteiger partial charge is 0.342 e. The molecule has 14 heavy (non-hydrogen) atoms. The van der Waals surface area contributed by atoms with Crippen LogP contribution in [0.1, 0.15) is 6.42 Å². The van der Waals surface area contributed by atoms with Crippen molar-refractivity contribution in [2.45, 2.75) is 13.0 Å². The molecule has 1 aromatic carbocycles. The van der Waals surface area contributed by atoms with Gasteiger partial charge in [-0.3, -0.25) is 0 Å². The van der Waals surface area contributed by atoms with Gasteiger partial charge in [0.1, 0.15) is 5.82 Å². The molecule has 0 atom stereocenters. The summed E-state index contributed by atoms with van der Waals surface area (Å²) < 4.78 is 14.8. The quantitative estimate of drug-likeness (QED) is 0.732. The number of aryl methyl sites for hydroxylation is 1. The SMILES string of the molecule is [CH2-]CCn1cnc2ccc(F)cc21.[Co]. The number of nitrogens with zero attached hydrogens (tertiary/aromatic N) is 2. The van der Waals surface area contributed by atoms with Gasteiger partial charge in [-0.1, -0.05) is 0 Å². The summed E-state index contributed by atoms with van der Waals surface area (Å²) in [7, 11) is 0. The number of hydrogen-bond acceptors (Lipinski definition) is 1. The van der Waals surface area contributed by atoms with Crippen LogP contribution < -0.4 is 0 Å². The number of benzene rings is 1. The van der Waals surface area contributed by atoms with Crippen molar-refractivity contribution < 1.29 is 21.2 Å². The fourth-order valence-electron chi connectivity index (χ4n) is 1.38. The first-order chi connectivity index (χ1) is 6.31. The molecular formula is C10H10CoFN2-. The first-order valence-electron chi connectivity index (χ1n) is 4.21. The van der Waals surface area contributed by atoms with E-state index in [0.29, 0.717) is 0 Å². The van der Waals surface area contributed by atoms with E-state index in [2.05, 4.69) is 11.9 Å². The zero-order valence-corrected chi connectivity index (χ0v) is 8.58. The fourth-order valence-corrected chi connectivity index (χ4v) is 1.38. The van der Waals surface area contributed by atoms with Gasteiger partial charge in [0.25, 0.3) is 0 Å². The van der Waals surface area contributed by atoms with Crippen molar-refractivity contribution in [3.63, 3.8) is 0 Å². The van der Waals surface area contributed by atoms with Crippen molar-refractivity contribution in [3.05, 3.63) is 37.3 Å². The molecule has 2 nitrogen and oxygen atoms in total. The molecule has 77 valence electrons. The normalized spacial score (nSPS) is 10.1. The Morgan fingerprint density at radius 3 is 2.93 bits per heavy atom. The third-order valence-electron chi connectivity index (χ3n) is 1.98. The molecule has 1 radical (unpaired) electrons. The van der Waals surface area contributed by atoms with E-state index < -0.39 is 0 Å². The maximum Gasteiger partial charge on any atom is 0.125 e. The number of fused-ring (bicyclic) bond motifs is 1. The molecule has 2 rings (SSSR count). The minimum absolute atomic E-state index is 0. The summed E-state index contributed by atoms with van der Waals surface area (Å²) >= 11 is 0. The van der Waals surface area contributed by atoms with Crippen LogP contribution in [0.5, 0.6) is 0 Å². The van der Waals surface area contributed by atoms with Crippen LogP contribution in [0.3, 0.4) is 0 Å². The number of hydrogen-bond donors (Lipinski definition) is 0. The molecule has 0 bridgehead atoms. The van der Waals surface area contributed by atoms with Gasteiger partial charge in [-0.25, -0.2) is 9.37 Å². The van der Waals surface area contributed by atoms with Gasteiger partial charge in [-0.05, 0) is 24.7 Å². The van der Waals surface area contributed by atoms with Crippen LogP contribution in [-0.4, -0.2) is 9.55 Å². The second-order valence-electron chi connectivity index (χ2n) is 2.92. The second kappa shape index (κ2) is 4.57. The van der Waals surface area contributed by atoms with Crippen molar-refractivity contribution in [1.29, 1.82) is 0 Å². The predicted octanol–water partition coefficient (Wildman–Crippen LogP) is 2.40. The van der Waals surface area contributed by atoms with Crippen LogP contribution in [-0.2, 0) is 23.3 Å². The maximum absolute atomic E-state index is 12.9. The zero-order chi connectivity index (χ0) is 9.26. The summed E-state index contributed by atoms with van der Waals surface area (Å²) in [6, 6.07) is 4.60. The molecule has 0 aliphatic rings. The van der Waals surface area contributed by atoms with Gasteiger partial charge in [0, 0.05) is 16.8 Å². The monoisotopic (exact) mass is 236 g/mol. The van der Waals surface area contributed by atoms with E-state index in [1.165, 1.54) is 12.1 Å². The van der Waals surface area contributed by atoms with Gasteiger partial charge in [0.2, 0.25) is 0 Å². The topological polar surface area (TPSA) is 17.8 Å². The fraction of sp³-hybridized carbons (Fsp3) is 0.200. The van der Waals surface area contributed by atoms with Crippen molar-refractivity contribution in [3.8, 4) is 0 Å². The number of aromatic nitrogens is 2. The second-order valence-corrected chi connectivity index (χ2v) is 2.92. The first kappa shape index (κ1) is 11.2. The minimum atomic E-state index is -0.224. The van der Waals surface area contributed by atoms with Gasteiger partial charge < -0.3 is 11.5 Å². The molecule has 0 fully saturated rings. The number of rotatable bonds is 2. The third-order valence-corrected chi connectivity index (χ3v) is 1.98. The summed E-state index contributed by atoms with van der Waals surface area (Å²) in [5, 5.41) is 0. The van der Waals surface area contributed by atoms with Crippen LogP contribution in [0.15, 0.2) is 24.5 Å². The Hall–Kier alpha value is -0.874. The Balaban J connectivity index is 0.000000980. The van der Waals surface area contributed by atoms with Crippen molar-refractivity contribution in [2.24, 2.45) is 0 Å². The first-order valence-corrected chi connectivity index (χ1v) is 4.21. The van der Waals surface area contributed by atoms with Crippen LogP contribution in [0.4, 0.5) is 4.39 Å². The Morgan fingerprint density at radius 1 is 1.43 bits per heavy atom. The number of halogens is 1. The molecule has 0 unspecified atom stereocenters. The van der Waals surface area contributed by atoms with E-state index in [9.17, 15) is 4.39 Å². The van der Waals surface area contributed by atoms with E-state index in [0.717, 1.165) is 24.0 Å². The van der Waals surface area contributed by atoms with Gasteiger partial charge in [-0.15, -0.1) is 0 Å². The molecule has 2 aromatic rings. The van der Waals surface area contributed by atoms with E-state index in [4.69, 9.17) is 0 Å². The van der Waals surface area contributed by atoms with Crippen molar-refractivity contribution in [2.75, 3.05) is 0 Å². The molecule has 0 spiro atoms. The van der Waals surface area contributed by atoms with Gasteiger partial charge in [0.05, 0.1) is 17.4 Å². The Bertz CT molecular complexity index is 425. The Kier molecular flexibility index (Phi) is 3.66. The van der Waals surface area contributed by atoms with Crippen LogP contribution in [0.25, 0.3) is 11.0 Å². The molecule has 0 N–H and O–H groups in total. The van der Waals surface area contributed by atoms with Gasteiger partial charge >= 0.3 is 0 Å². The molecule has 1 aromatic heterocycles. The molecule has 4 heteroatoms. The van der Waals surface area contributed by atoms with E-state index >= 15 is 0 Å². The summed E-state index contributed by atoms with van der Waals surface area (Å²) in [5.41, 5.74) is 1.67. The predicted molar refractivity (Wildman–Crippen MR) is 49.7 cm³/mol. The maximum atomic E-state index is 12.9. The molecule has 1 heterocycles. The molecular weight excluding hydrogens is 226 g/mol. The molecule has 0 saturated carbocycles. The molecule has 0 aliphatic carbocycles. The summed E-state index contributed by atoms with van der Waals surface area (Å²) in [6.07, 6.45) is 2.50. The van der Waals surface area contributed by atoms with Crippen LogP contribution in [0.2, 0.25) is 0 Å². The average Bonchev–Trinajstić information content (AvgIpc) is 2.49. The Morgan fingerprint density at radius 2 is 2.21 bits per heavy atom. The van der Waals surface area contributed by atoms with E-state index in [-0.39, 0.29) is 22.6 Å². The van der Waals surface area contributed by atoms with Crippen molar-refractivity contribution in [1.82, 2.24) is 9.55 Å². The van der Waals surface area contributed by atoms with Crippen molar-refractivity contribution >= 4 is 11.0 Å². The molecule has 0 amide bonds. The minimum Gasteiger partial charge on any atom is -0.342 e. The average molecular weight is 236 g/mol. The standard InChI is InChI=1S/C10H10FN2.Co/c1-2-5-13-7-12-9-4-3-8(11)6-10(9)13;/h3-4,6-7H,1-2,5H2;/q-1;. The van der Waals surface area contributed by atoms with E-state index in [1.807, 2.05) is 4.57 Å². The van der Waals surface area contributed by atoms with Gasteiger partial charge in [-0.2, -0.15) is 6.42 Å². The summed E-state index contributed by atoms with van der Waals surface area (Å²) in [6.45, 7) is 4.53. The number of imidazole rings is 1. The Labute approximate surface area is 92.3 Å². The zero-order valence-electron chi connectivity index (χ0n) is 7.54. The molecule has 0 aliphatic heterocycles. The van der Waals surface area contributed by atoms with E-state index in [1.54, 1.807) is 12.4 Å². The summed E-state index contributed by atoms with van der Waals surface area (Å²) in [5.74, 6) is -0.224. The van der Waals surface area contributed by atoms with Crippen LogP contribution >= 0.6 is 0 Å². The van der Waals surface area contributed by atoms with Gasteiger partial charge in [0.15, 0.2) is 0 Å². The summed E-state index contributed by atoms with van der Waals surface area (Å²) in [4.78, 5) is 4.15. The molecule has 0 saturated heterocycles. The third kappa shape index (κ3) is 1.96.